The number of hydrogen-bond acceptors (Lipinski definition) is 4. The third-order valence-corrected chi connectivity index (χ3v) is 5.89. The number of carbonyl (C=O) groups excluding carboxylic acids is 1. The maximum Gasteiger partial charge on any atom is 0.322 e. The van der Waals surface area contributed by atoms with Gasteiger partial charge in [0.2, 0.25) is 0 Å². The molecule has 2 aromatic rings. The number of halogens is 1. The molecule has 1 N–H and O–H groups in total. The first-order valence-electron chi connectivity index (χ1n) is 9.60. The van der Waals surface area contributed by atoms with Crippen LogP contribution in [0.2, 0.25) is 0 Å². The quantitative estimate of drug-likeness (QED) is 0.865. The van der Waals surface area contributed by atoms with Gasteiger partial charge in [0, 0.05) is 31.1 Å². The molecule has 2 heterocycles. The average molecular weight is 384 g/mol. The molecule has 148 valence electrons. The van der Waals surface area contributed by atoms with E-state index in [1.807, 2.05) is 4.90 Å². The summed E-state index contributed by atoms with van der Waals surface area (Å²) in [7, 11) is 1.66. The highest BCUT2D eigenvalue weighted by molar-refractivity contribution is 5.92. The maximum absolute atomic E-state index is 14.6. The third kappa shape index (κ3) is 3.13. The topological polar surface area (TPSA) is 67.3 Å². The molecule has 0 spiro atoms. The Morgan fingerprint density at radius 2 is 2.11 bits per heavy atom. The van der Waals surface area contributed by atoms with Crippen molar-refractivity contribution >= 4 is 11.7 Å². The van der Waals surface area contributed by atoms with E-state index in [0.29, 0.717) is 29.5 Å². The SMILES string of the molecule is COC[C@]12C[C@@H](C)C[C@H](C1)N2C(=O)Nc1cc(-c2ncccn2)c(C)cc1F. The number of ether oxygens (including phenoxy) is 1. The van der Waals surface area contributed by atoms with E-state index >= 15 is 0 Å². The van der Waals surface area contributed by atoms with E-state index in [1.54, 1.807) is 38.6 Å². The number of urea groups is 1. The lowest BCUT2D eigenvalue weighted by Gasteiger charge is -2.63. The Morgan fingerprint density at radius 1 is 1.36 bits per heavy atom. The standard InChI is InChI=1S/C21H25FN4O2/c1-13-7-15-11-21(10-13,12-28-3)26(15)20(27)25-18-9-16(14(2)8-17(18)22)19-23-5-4-6-24-19/h4-6,8-9,13,15H,7,10-12H2,1-3H3,(H,25,27)/t13-,15+,21-/m0/s1. The number of nitrogens with one attached hydrogen (secondary N) is 1. The zero-order valence-corrected chi connectivity index (χ0v) is 16.4. The molecule has 28 heavy (non-hydrogen) atoms. The number of methoxy groups -OCH3 is 1. The summed E-state index contributed by atoms with van der Waals surface area (Å²) in [6.45, 7) is 4.51. The van der Waals surface area contributed by atoms with Crippen molar-refractivity contribution in [2.45, 2.75) is 44.7 Å². The van der Waals surface area contributed by atoms with Crippen LogP contribution in [0.5, 0.6) is 0 Å². The number of fused-ring (bicyclic) bond motifs is 2. The van der Waals surface area contributed by atoms with E-state index in [0.717, 1.165) is 19.3 Å². The first-order valence-corrected chi connectivity index (χ1v) is 9.60. The summed E-state index contributed by atoms with van der Waals surface area (Å²) in [6.07, 6.45) is 6.10. The predicted octanol–water partition coefficient (Wildman–Crippen LogP) is 4.01. The summed E-state index contributed by atoms with van der Waals surface area (Å²) < 4.78 is 20.0. The molecule has 1 aromatic heterocycles. The number of carbonyl (C=O) groups is 1. The van der Waals surface area contributed by atoms with Gasteiger partial charge < -0.3 is 15.0 Å². The highest BCUT2D eigenvalue weighted by Crippen LogP contribution is 2.50. The number of aromatic nitrogens is 2. The summed E-state index contributed by atoms with van der Waals surface area (Å²) in [5.74, 6) is 0.585. The van der Waals surface area contributed by atoms with Gasteiger partial charge in [-0.1, -0.05) is 6.92 Å². The molecule has 1 aliphatic heterocycles. The molecule has 0 radical (unpaired) electrons. The normalized spacial score (nSPS) is 25.9. The summed E-state index contributed by atoms with van der Waals surface area (Å²) >= 11 is 0. The molecule has 1 aliphatic carbocycles. The molecule has 7 heteroatoms. The van der Waals surface area contributed by atoms with Crippen molar-refractivity contribution < 1.29 is 13.9 Å². The fourth-order valence-electron chi connectivity index (χ4n) is 4.93. The monoisotopic (exact) mass is 384 g/mol. The fraction of sp³-hybridized carbons (Fsp3) is 0.476. The van der Waals surface area contributed by atoms with Crippen LogP contribution in [0.15, 0.2) is 30.6 Å². The number of aryl methyl sites for hydroxylation is 1. The molecule has 1 saturated heterocycles. The van der Waals surface area contributed by atoms with Gasteiger partial charge in [0.15, 0.2) is 5.82 Å². The first kappa shape index (κ1) is 18.8. The third-order valence-electron chi connectivity index (χ3n) is 5.89. The van der Waals surface area contributed by atoms with Crippen LogP contribution in [0.3, 0.4) is 0 Å². The average Bonchev–Trinajstić information content (AvgIpc) is 2.64. The maximum atomic E-state index is 14.6. The van der Waals surface area contributed by atoms with Gasteiger partial charge in [-0.05, 0) is 55.9 Å². The van der Waals surface area contributed by atoms with Crippen molar-refractivity contribution in [3.05, 3.63) is 42.0 Å². The molecular formula is C21H25FN4O2. The number of rotatable bonds is 4. The van der Waals surface area contributed by atoms with E-state index in [-0.39, 0.29) is 23.3 Å². The Kier molecular flexibility index (Phi) is 4.79. The van der Waals surface area contributed by atoms with Crippen LogP contribution in [-0.4, -0.2) is 46.2 Å². The second-order valence-corrected chi connectivity index (χ2v) is 8.08. The summed E-state index contributed by atoms with van der Waals surface area (Å²) in [6, 6.07) is 4.65. The van der Waals surface area contributed by atoms with Crippen molar-refractivity contribution in [1.82, 2.24) is 14.9 Å². The second kappa shape index (κ2) is 7.13. The number of hydrogen-bond donors (Lipinski definition) is 1. The first-order chi connectivity index (χ1) is 13.4. The smallest absolute Gasteiger partial charge is 0.322 e. The van der Waals surface area contributed by atoms with Gasteiger partial charge in [-0.3, -0.25) is 0 Å². The molecule has 3 atom stereocenters. The summed E-state index contributed by atoms with van der Waals surface area (Å²) in [4.78, 5) is 23.4. The van der Waals surface area contributed by atoms with Crippen molar-refractivity contribution in [2.24, 2.45) is 5.92 Å². The van der Waals surface area contributed by atoms with Crippen LogP contribution in [0, 0.1) is 18.7 Å². The van der Waals surface area contributed by atoms with Crippen molar-refractivity contribution in [2.75, 3.05) is 19.0 Å². The fourth-order valence-corrected chi connectivity index (χ4v) is 4.93. The molecule has 2 bridgehead atoms. The van der Waals surface area contributed by atoms with Crippen LogP contribution in [0.4, 0.5) is 14.9 Å². The van der Waals surface area contributed by atoms with Gasteiger partial charge >= 0.3 is 6.03 Å². The molecule has 0 unspecified atom stereocenters. The van der Waals surface area contributed by atoms with E-state index in [1.165, 1.54) is 6.07 Å². The van der Waals surface area contributed by atoms with E-state index in [2.05, 4.69) is 22.2 Å². The van der Waals surface area contributed by atoms with Gasteiger partial charge in [0.05, 0.1) is 17.8 Å². The molecule has 6 nitrogen and oxygen atoms in total. The number of amides is 2. The van der Waals surface area contributed by atoms with Gasteiger partial charge in [-0.15, -0.1) is 0 Å². The summed E-state index contributed by atoms with van der Waals surface area (Å²) in [5.41, 5.74) is 1.27. The van der Waals surface area contributed by atoms with E-state index in [4.69, 9.17) is 4.74 Å². The largest absolute Gasteiger partial charge is 0.382 e. The Labute approximate surface area is 164 Å². The van der Waals surface area contributed by atoms with Crippen LogP contribution in [0.25, 0.3) is 11.4 Å². The van der Waals surface area contributed by atoms with Crippen LogP contribution < -0.4 is 5.32 Å². The lowest BCUT2D eigenvalue weighted by atomic mass is 9.65. The molecule has 4 rings (SSSR count). The van der Waals surface area contributed by atoms with Gasteiger partial charge in [-0.2, -0.15) is 0 Å². The van der Waals surface area contributed by atoms with Crippen LogP contribution >= 0.6 is 0 Å². The molecule has 1 saturated carbocycles. The lowest BCUT2D eigenvalue weighted by Crippen LogP contribution is -2.74. The van der Waals surface area contributed by atoms with Crippen molar-refractivity contribution in [3.63, 3.8) is 0 Å². The minimum Gasteiger partial charge on any atom is -0.382 e. The predicted molar refractivity (Wildman–Crippen MR) is 104 cm³/mol. The number of anilines is 1. The summed E-state index contributed by atoms with van der Waals surface area (Å²) in [5, 5.41) is 2.78. The zero-order valence-electron chi connectivity index (χ0n) is 16.4. The lowest BCUT2D eigenvalue weighted by molar-refractivity contribution is -0.122. The number of nitrogens with zero attached hydrogens (tertiary/aromatic N) is 3. The zero-order chi connectivity index (χ0) is 19.9. The van der Waals surface area contributed by atoms with Gasteiger partial charge in [0.1, 0.15) is 5.82 Å². The second-order valence-electron chi connectivity index (χ2n) is 8.08. The highest BCUT2D eigenvalue weighted by atomic mass is 19.1. The Bertz CT molecular complexity index is 887. The number of benzene rings is 1. The van der Waals surface area contributed by atoms with E-state index < -0.39 is 5.82 Å². The van der Waals surface area contributed by atoms with Crippen LogP contribution in [0.1, 0.15) is 31.7 Å². The molecule has 2 fully saturated rings. The van der Waals surface area contributed by atoms with E-state index in [9.17, 15) is 9.18 Å². The minimum atomic E-state index is -0.467. The Morgan fingerprint density at radius 3 is 2.82 bits per heavy atom. The molecular weight excluding hydrogens is 359 g/mol. The van der Waals surface area contributed by atoms with Crippen molar-refractivity contribution in [1.29, 1.82) is 0 Å². The molecule has 2 aliphatic rings. The molecule has 2 amide bonds. The van der Waals surface area contributed by atoms with Gasteiger partial charge in [-0.25, -0.2) is 19.2 Å². The van der Waals surface area contributed by atoms with Gasteiger partial charge in [0.25, 0.3) is 0 Å². The molecule has 1 aromatic carbocycles. The van der Waals surface area contributed by atoms with Crippen LogP contribution in [-0.2, 0) is 4.74 Å². The Hall–Kier alpha value is -2.54. The number of piperidine rings is 1. The Balaban J connectivity index is 1.60. The van der Waals surface area contributed by atoms with Crippen molar-refractivity contribution in [3.8, 4) is 11.4 Å². The minimum absolute atomic E-state index is 0.142. The number of likely N-dealkylation sites (tertiary alicyclic amines) is 1. The highest BCUT2D eigenvalue weighted by Gasteiger charge is 2.58.